The van der Waals surface area contributed by atoms with Gasteiger partial charge in [0.15, 0.2) is 0 Å². The molecule has 1 saturated heterocycles. The van der Waals surface area contributed by atoms with Crippen LogP contribution in [-0.4, -0.2) is 51.2 Å². The van der Waals surface area contributed by atoms with Crippen molar-refractivity contribution in [1.82, 2.24) is 10.2 Å². The first-order valence-corrected chi connectivity index (χ1v) is 9.71. The van der Waals surface area contributed by atoms with Gasteiger partial charge in [0.2, 0.25) is 5.91 Å². The third-order valence-electron chi connectivity index (χ3n) is 5.03. The van der Waals surface area contributed by atoms with Gasteiger partial charge in [-0.25, -0.2) is 0 Å². The fourth-order valence-electron chi connectivity index (χ4n) is 3.92. The van der Waals surface area contributed by atoms with Gasteiger partial charge in [0, 0.05) is 26.1 Å². The van der Waals surface area contributed by atoms with Gasteiger partial charge in [0.1, 0.15) is 11.5 Å². The molecule has 0 spiro atoms. The Morgan fingerprint density at radius 1 is 1.19 bits per heavy atom. The molecule has 1 N–H and O–H groups in total. The van der Waals surface area contributed by atoms with Crippen molar-refractivity contribution < 1.29 is 14.3 Å². The molecule has 1 aromatic rings. The van der Waals surface area contributed by atoms with Gasteiger partial charge in [0.05, 0.1) is 14.2 Å². The Morgan fingerprint density at radius 2 is 1.92 bits per heavy atom. The van der Waals surface area contributed by atoms with Crippen LogP contribution in [-0.2, 0) is 11.2 Å². The van der Waals surface area contributed by atoms with Crippen LogP contribution in [0.15, 0.2) is 18.2 Å². The quantitative estimate of drug-likeness (QED) is 0.686. The molecule has 0 aliphatic carbocycles. The maximum Gasteiger partial charge on any atom is 0.220 e. The number of methoxy groups -OCH3 is 2. The number of likely N-dealkylation sites (tertiary alicyclic amines) is 1. The molecule has 1 aliphatic rings. The zero-order valence-electron chi connectivity index (χ0n) is 16.7. The first-order valence-electron chi connectivity index (χ1n) is 9.71. The highest BCUT2D eigenvalue weighted by Crippen LogP contribution is 2.25. The van der Waals surface area contributed by atoms with Crippen LogP contribution in [0, 0.1) is 11.8 Å². The van der Waals surface area contributed by atoms with Crippen molar-refractivity contribution in [3.05, 3.63) is 23.8 Å². The number of nitrogens with zero attached hydrogens (tertiary/aromatic N) is 1. The maximum atomic E-state index is 12.1. The van der Waals surface area contributed by atoms with E-state index < -0.39 is 0 Å². The molecule has 1 aromatic carbocycles. The lowest BCUT2D eigenvalue weighted by Gasteiger charge is -2.34. The number of nitrogens with one attached hydrogen (secondary N) is 1. The topological polar surface area (TPSA) is 50.8 Å². The minimum Gasteiger partial charge on any atom is -0.497 e. The monoisotopic (exact) mass is 362 g/mol. The summed E-state index contributed by atoms with van der Waals surface area (Å²) in [6.45, 7) is 8.85. The highest BCUT2D eigenvalue weighted by Gasteiger charge is 2.21. The van der Waals surface area contributed by atoms with Crippen molar-refractivity contribution in [2.24, 2.45) is 11.8 Å². The standard InChI is InChI=1S/C21H34N2O3/c1-16-12-17(2)15-23(14-16)11-5-10-22-21(24)9-6-18-13-19(25-3)7-8-20(18)26-4/h7-8,13,16-17H,5-6,9-12,14-15H2,1-4H3,(H,22,24). The molecule has 2 unspecified atom stereocenters. The molecule has 2 rings (SSSR count). The highest BCUT2D eigenvalue weighted by atomic mass is 16.5. The maximum absolute atomic E-state index is 12.1. The van der Waals surface area contributed by atoms with Gasteiger partial charge < -0.3 is 19.7 Å². The SMILES string of the molecule is COc1ccc(OC)c(CCC(=O)NCCCN2CC(C)CC(C)C2)c1. The average molecular weight is 363 g/mol. The van der Waals surface area contributed by atoms with Crippen LogP contribution in [0.2, 0.25) is 0 Å². The van der Waals surface area contributed by atoms with Crippen LogP contribution in [0.5, 0.6) is 11.5 Å². The molecule has 1 heterocycles. The normalized spacial score (nSPS) is 20.6. The van der Waals surface area contributed by atoms with E-state index in [0.29, 0.717) is 12.8 Å². The first-order chi connectivity index (χ1) is 12.5. The molecule has 1 aliphatic heterocycles. The van der Waals surface area contributed by atoms with Crippen LogP contribution in [0.25, 0.3) is 0 Å². The van der Waals surface area contributed by atoms with Gasteiger partial charge >= 0.3 is 0 Å². The third-order valence-corrected chi connectivity index (χ3v) is 5.03. The van der Waals surface area contributed by atoms with Crippen LogP contribution < -0.4 is 14.8 Å². The van der Waals surface area contributed by atoms with Crippen LogP contribution >= 0.6 is 0 Å². The summed E-state index contributed by atoms with van der Waals surface area (Å²) in [5.41, 5.74) is 0.998. The number of hydrogen-bond acceptors (Lipinski definition) is 4. The molecule has 0 bridgehead atoms. The van der Waals surface area contributed by atoms with Gasteiger partial charge in [-0.1, -0.05) is 13.8 Å². The van der Waals surface area contributed by atoms with E-state index in [9.17, 15) is 4.79 Å². The number of hydrogen-bond donors (Lipinski definition) is 1. The van der Waals surface area contributed by atoms with Gasteiger partial charge in [-0.3, -0.25) is 4.79 Å². The second-order valence-electron chi connectivity index (χ2n) is 7.59. The summed E-state index contributed by atoms with van der Waals surface area (Å²) in [6, 6.07) is 5.68. The number of benzene rings is 1. The van der Waals surface area contributed by atoms with Crippen LogP contribution in [0.3, 0.4) is 0 Å². The van der Waals surface area contributed by atoms with Crippen molar-refractivity contribution in [1.29, 1.82) is 0 Å². The molecule has 0 radical (unpaired) electrons. The Hall–Kier alpha value is -1.75. The number of piperidine rings is 1. The third kappa shape index (κ3) is 6.52. The summed E-state index contributed by atoms with van der Waals surface area (Å²) in [6.07, 6.45) is 3.45. The van der Waals surface area contributed by atoms with E-state index >= 15 is 0 Å². The van der Waals surface area contributed by atoms with E-state index in [1.807, 2.05) is 18.2 Å². The molecule has 1 amide bonds. The Kier molecular flexibility index (Phi) is 8.23. The number of carbonyl (C=O) groups excluding carboxylic acids is 1. The van der Waals surface area contributed by atoms with E-state index in [-0.39, 0.29) is 5.91 Å². The predicted molar refractivity (Wildman–Crippen MR) is 105 cm³/mol. The zero-order valence-corrected chi connectivity index (χ0v) is 16.7. The Bertz CT molecular complexity index is 566. The van der Waals surface area contributed by atoms with Crippen LogP contribution in [0.1, 0.15) is 38.7 Å². The van der Waals surface area contributed by atoms with E-state index in [0.717, 1.165) is 48.4 Å². The highest BCUT2D eigenvalue weighted by molar-refractivity contribution is 5.76. The smallest absolute Gasteiger partial charge is 0.220 e. The lowest BCUT2D eigenvalue weighted by Crippen LogP contribution is -2.40. The molecular weight excluding hydrogens is 328 g/mol. The van der Waals surface area contributed by atoms with Crippen molar-refractivity contribution in [2.45, 2.75) is 39.5 Å². The Morgan fingerprint density at radius 3 is 2.58 bits per heavy atom. The summed E-state index contributed by atoms with van der Waals surface area (Å²) in [5, 5.41) is 3.04. The number of aryl methyl sites for hydroxylation is 1. The Balaban J connectivity index is 1.68. The lowest BCUT2D eigenvalue weighted by molar-refractivity contribution is -0.121. The number of rotatable bonds is 9. The summed E-state index contributed by atoms with van der Waals surface area (Å²) < 4.78 is 10.6. The summed E-state index contributed by atoms with van der Waals surface area (Å²) in [7, 11) is 3.29. The average Bonchev–Trinajstić information content (AvgIpc) is 2.62. The van der Waals surface area contributed by atoms with E-state index in [4.69, 9.17) is 9.47 Å². The fourth-order valence-corrected chi connectivity index (χ4v) is 3.92. The second kappa shape index (κ2) is 10.4. The molecular formula is C21H34N2O3. The fraction of sp³-hybridized carbons (Fsp3) is 0.667. The predicted octanol–water partition coefficient (Wildman–Crippen LogP) is 3.12. The molecule has 5 nitrogen and oxygen atoms in total. The number of amides is 1. The van der Waals surface area contributed by atoms with Crippen molar-refractivity contribution in [3.63, 3.8) is 0 Å². The summed E-state index contributed by atoms with van der Waals surface area (Å²) in [4.78, 5) is 14.7. The first kappa shape index (κ1) is 20.6. The molecule has 5 heteroatoms. The molecule has 26 heavy (non-hydrogen) atoms. The lowest BCUT2D eigenvalue weighted by atomic mass is 9.92. The summed E-state index contributed by atoms with van der Waals surface area (Å²) in [5.74, 6) is 3.24. The molecule has 2 atom stereocenters. The van der Waals surface area contributed by atoms with Gasteiger partial charge in [0.25, 0.3) is 0 Å². The summed E-state index contributed by atoms with van der Waals surface area (Å²) >= 11 is 0. The van der Waals surface area contributed by atoms with Crippen molar-refractivity contribution in [3.8, 4) is 11.5 Å². The van der Waals surface area contributed by atoms with Crippen molar-refractivity contribution >= 4 is 5.91 Å². The molecule has 1 fully saturated rings. The molecule has 0 aromatic heterocycles. The largest absolute Gasteiger partial charge is 0.497 e. The minimum atomic E-state index is 0.0928. The molecule has 146 valence electrons. The zero-order chi connectivity index (χ0) is 18.9. The molecule has 0 saturated carbocycles. The van der Waals surface area contributed by atoms with Crippen LogP contribution in [0.4, 0.5) is 0 Å². The second-order valence-corrected chi connectivity index (χ2v) is 7.59. The number of carbonyl (C=O) groups is 1. The van der Waals surface area contributed by atoms with Crippen molar-refractivity contribution in [2.75, 3.05) is 40.4 Å². The van der Waals surface area contributed by atoms with E-state index in [1.165, 1.54) is 19.5 Å². The number of ether oxygens (including phenoxy) is 2. The minimum absolute atomic E-state index is 0.0928. The van der Waals surface area contributed by atoms with E-state index in [2.05, 4.69) is 24.1 Å². The van der Waals surface area contributed by atoms with E-state index in [1.54, 1.807) is 14.2 Å². The van der Waals surface area contributed by atoms with Gasteiger partial charge in [-0.15, -0.1) is 0 Å². The van der Waals surface area contributed by atoms with Gasteiger partial charge in [-0.05, 0) is 61.4 Å². The Labute approximate surface area is 158 Å². The van der Waals surface area contributed by atoms with Gasteiger partial charge in [-0.2, -0.15) is 0 Å².